The van der Waals surface area contributed by atoms with E-state index in [-0.39, 0.29) is 6.29 Å². The average molecular weight is 243 g/mol. The zero-order valence-electron chi connectivity index (χ0n) is 12.3. The molecular weight excluding hydrogens is 214 g/mol. The van der Waals surface area contributed by atoms with Crippen LogP contribution in [0.3, 0.4) is 0 Å². The van der Waals surface area contributed by atoms with Crippen LogP contribution >= 0.6 is 0 Å². The van der Waals surface area contributed by atoms with E-state index in [9.17, 15) is 0 Å². The summed E-state index contributed by atoms with van der Waals surface area (Å²) in [6, 6.07) is 0. The number of hydrogen-bond donors (Lipinski definition) is 0. The van der Waals surface area contributed by atoms with E-state index < -0.39 is 0 Å². The lowest BCUT2D eigenvalue weighted by atomic mass is 10.1. The molecule has 0 radical (unpaired) electrons. The van der Waals surface area contributed by atoms with Gasteiger partial charge in [-0.2, -0.15) is 0 Å². The van der Waals surface area contributed by atoms with E-state index in [1.165, 1.54) is 12.1 Å². The fourth-order valence-corrected chi connectivity index (χ4v) is 1.71. The van der Waals surface area contributed by atoms with Crippen LogP contribution in [-0.4, -0.2) is 39.0 Å². The molecule has 0 aromatic carbocycles. The number of rotatable bonds is 9. The smallest absolute Gasteiger partial charge is 0.174 e. The highest BCUT2D eigenvalue weighted by Crippen LogP contribution is 2.16. The van der Waals surface area contributed by atoms with Gasteiger partial charge in [0.15, 0.2) is 6.29 Å². The molecule has 102 valence electrons. The molecule has 0 unspecified atom stereocenters. The van der Waals surface area contributed by atoms with E-state index in [1.807, 2.05) is 0 Å². The Labute approximate surface area is 107 Å². The molecule has 0 aliphatic heterocycles. The zero-order valence-corrected chi connectivity index (χ0v) is 12.3. The van der Waals surface area contributed by atoms with Crippen LogP contribution in [0.5, 0.6) is 0 Å². The molecule has 3 heteroatoms. The molecule has 0 fully saturated rings. The Bertz CT molecular complexity index is 210. The minimum Gasteiger partial charge on any atom is -0.373 e. The Balaban J connectivity index is 4.33. The number of hydrogen-bond acceptors (Lipinski definition) is 3. The first-order valence-corrected chi connectivity index (χ1v) is 6.50. The molecule has 0 saturated carbocycles. The Morgan fingerprint density at radius 2 is 1.82 bits per heavy atom. The van der Waals surface area contributed by atoms with E-state index in [2.05, 4.69) is 38.8 Å². The molecule has 0 spiro atoms. The number of ether oxygens (including phenoxy) is 2. The maximum absolute atomic E-state index is 5.23. The monoisotopic (exact) mass is 243 g/mol. The first-order chi connectivity index (χ1) is 8.04. The van der Waals surface area contributed by atoms with Crippen molar-refractivity contribution in [3.05, 3.63) is 11.8 Å². The van der Waals surface area contributed by atoms with Gasteiger partial charge in [0, 0.05) is 27.0 Å². The fraction of sp³-hybridized carbons (Fsp3) is 0.857. The van der Waals surface area contributed by atoms with E-state index >= 15 is 0 Å². The Hall–Kier alpha value is -0.540. The van der Waals surface area contributed by atoms with Crippen LogP contribution < -0.4 is 0 Å². The summed E-state index contributed by atoms with van der Waals surface area (Å²) < 4.78 is 10.5. The van der Waals surface area contributed by atoms with Gasteiger partial charge in [0.05, 0.1) is 6.54 Å². The summed E-state index contributed by atoms with van der Waals surface area (Å²) >= 11 is 0. The second-order valence-electron chi connectivity index (χ2n) is 4.82. The van der Waals surface area contributed by atoms with Crippen LogP contribution in [0.2, 0.25) is 0 Å². The first kappa shape index (κ1) is 16.5. The predicted octanol–water partition coefficient (Wildman–Crippen LogP) is 3.27. The molecule has 0 aliphatic carbocycles. The molecular formula is C14H29NO2. The predicted molar refractivity (Wildman–Crippen MR) is 72.9 cm³/mol. The highest BCUT2D eigenvalue weighted by atomic mass is 16.7. The fourth-order valence-electron chi connectivity index (χ4n) is 1.71. The molecule has 0 aromatic heterocycles. The van der Waals surface area contributed by atoms with Gasteiger partial charge in [-0.1, -0.05) is 26.8 Å². The largest absolute Gasteiger partial charge is 0.373 e. The Kier molecular flexibility index (Phi) is 9.18. The third-order valence-corrected chi connectivity index (χ3v) is 2.86. The summed E-state index contributed by atoms with van der Waals surface area (Å²) in [5, 5.41) is 0. The molecule has 0 bridgehead atoms. The molecule has 0 atom stereocenters. The molecule has 0 heterocycles. The molecule has 0 aliphatic rings. The SMILES string of the molecule is CCC=C(CCC(C)C)N(C)CC(OC)OC. The molecule has 0 N–H and O–H groups in total. The highest BCUT2D eigenvalue weighted by molar-refractivity contribution is 5.00. The third kappa shape index (κ3) is 7.40. The maximum Gasteiger partial charge on any atom is 0.174 e. The van der Waals surface area contributed by atoms with Gasteiger partial charge in [-0.05, 0) is 25.2 Å². The Morgan fingerprint density at radius 3 is 2.24 bits per heavy atom. The summed E-state index contributed by atoms with van der Waals surface area (Å²) in [6.45, 7) is 7.47. The average Bonchev–Trinajstić information content (AvgIpc) is 2.30. The van der Waals surface area contributed by atoms with E-state index in [1.54, 1.807) is 14.2 Å². The lowest BCUT2D eigenvalue weighted by Crippen LogP contribution is -2.31. The summed E-state index contributed by atoms with van der Waals surface area (Å²) in [6.07, 6.45) is 5.56. The lowest BCUT2D eigenvalue weighted by Gasteiger charge is -2.27. The summed E-state index contributed by atoms with van der Waals surface area (Å²) in [7, 11) is 5.46. The Morgan fingerprint density at radius 1 is 1.24 bits per heavy atom. The van der Waals surface area contributed by atoms with Crippen LogP contribution in [0.1, 0.15) is 40.0 Å². The first-order valence-electron chi connectivity index (χ1n) is 6.50. The molecule has 17 heavy (non-hydrogen) atoms. The molecule has 0 rings (SSSR count). The highest BCUT2D eigenvalue weighted by Gasteiger charge is 2.12. The van der Waals surface area contributed by atoms with Crippen molar-refractivity contribution in [2.75, 3.05) is 27.8 Å². The summed E-state index contributed by atoms with van der Waals surface area (Å²) in [5.74, 6) is 0.740. The van der Waals surface area contributed by atoms with Gasteiger partial charge >= 0.3 is 0 Å². The molecule has 0 aromatic rings. The maximum atomic E-state index is 5.23. The van der Waals surface area contributed by atoms with Crippen molar-refractivity contribution in [2.45, 2.75) is 46.3 Å². The zero-order chi connectivity index (χ0) is 13.3. The number of allylic oxidation sites excluding steroid dienone is 2. The minimum atomic E-state index is -0.153. The van der Waals surface area contributed by atoms with Crippen molar-refractivity contribution >= 4 is 0 Å². The standard InChI is InChI=1S/C14H29NO2/c1-7-8-13(10-9-12(2)3)15(4)11-14(16-5)17-6/h8,12,14H,7,9-11H2,1-6H3. The van der Waals surface area contributed by atoms with E-state index in [0.717, 1.165) is 25.3 Å². The minimum absolute atomic E-state index is 0.153. The van der Waals surface area contributed by atoms with Crippen molar-refractivity contribution in [3.8, 4) is 0 Å². The second kappa shape index (κ2) is 9.49. The van der Waals surface area contributed by atoms with Crippen molar-refractivity contribution in [1.82, 2.24) is 4.90 Å². The van der Waals surface area contributed by atoms with Gasteiger partial charge in [-0.3, -0.25) is 0 Å². The van der Waals surface area contributed by atoms with E-state index in [0.29, 0.717) is 0 Å². The summed E-state index contributed by atoms with van der Waals surface area (Å²) in [5.41, 5.74) is 1.39. The van der Waals surface area contributed by atoms with Crippen molar-refractivity contribution in [1.29, 1.82) is 0 Å². The van der Waals surface area contributed by atoms with Crippen molar-refractivity contribution < 1.29 is 9.47 Å². The molecule has 0 amide bonds. The number of likely N-dealkylation sites (N-methyl/N-ethyl adjacent to an activating group) is 1. The van der Waals surface area contributed by atoms with Crippen LogP contribution in [0.15, 0.2) is 11.8 Å². The number of methoxy groups -OCH3 is 2. The van der Waals surface area contributed by atoms with Crippen molar-refractivity contribution in [3.63, 3.8) is 0 Å². The lowest BCUT2D eigenvalue weighted by molar-refractivity contribution is -0.110. The number of nitrogens with zero attached hydrogens (tertiary/aromatic N) is 1. The van der Waals surface area contributed by atoms with E-state index in [4.69, 9.17) is 9.47 Å². The van der Waals surface area contributed by atoms with Gasteiger partial charge in [0.1, 0.15) is 0 Å². The normalized spacial score (nSPS) is 12.6. The van der Waals surface area contributed by atoms with Gasteiger partial charge in [-0.15, -0.1) is 0 Å². The van der Waals surface area contributed by atoms with Crippen LogP contribution in [0, 0.1) is 5.92 Å². The molecule has 0 saturated heterocycles. The topological polar surface area (TPSA) is 21.7 Å². The van der Waals surface area contributed by atoms with Gasteiger partial charge < -0.3 is 14.4 Å². The second-order valence-corrected chi connectivity index (χ2v) is 4.82. The molecule has 3 nitrogen and oxygen atoms in total. The quantitative estimate of drug-likeness (QED) is 0.580. The van der Waals surface area contributed by atoms with Gasteiger partial charge in [0.2, 0.25) is 0 Å². The third-order valence-electron chi connectivity index (χ3n) is 2.86. The van der Waals surface area contributed by atoms with Crippen LogP contribution in [0.25, 0.3) is 0 Å². The van der Waals surface area contributed by atoms with Crippen molar-refractivity contribution in [2.24, 2.45) is 5.92 Å². The van der Waals surface area contributed by atoms with Gasteiger partial charge in [0.25, 0.3) is 0 Å². The van der Waals surface area contributed by atoms with Crippen LogP contribution in [-0.2, 0) is 9.47 Å². The van der Waals surface area contributed by atoms with Gasteiger partial charge in [-0.25, -0.2) is 0 Å². The van der Waals surface area contributed by atoms with Crippen LogP contribution in [0.4, 0.5) is 0 Å². The summed E-state index contributed by atoms with van der Waals surface area (Å²) in [4.78, 5) is 2.24.